The molecular weight excluding hydrogens is 651 g/mol. The van der Waals surface area contributed by atoms with E-state index in [-0.39, 0.29) is 0 Å². The average Bonchev–Trinajstić information content (AvgIpc) is 3.61. The molecule has 0 N–H and O–H groups in total. The van der Waals surface area contributed by atoms with E-state index in [4.69, 9.17) is 0 Å². The molecule has 3 heteroatoms. The molecule has 0 fully saturated rings. The molecule has 0 aromatic heterocycles. The third-order valence-corrected chi connectivity index (χ3v) is 16.4. The number of nitrogens with zero attached hydrogens (tertiary/aromatic N) is 1. The quantitative estimate of drug-likeness (QED) is 0.185. The fourth-order valence-electron chi connectivity index (χ4n) is 9.69. The molecule has 11 rings (SSSR count). The zero-order valence-electron chi connectivity index (χ0n) is 28.3. The highest BCUT2D eigenvalue weighted by atomic mass is 32.3. The summed E-state index contributed by atoms with van der Waals surface area (Å²) in [5.74, 6) is 0. The molecule has 1 spiro atoms. The van der Waals surface area contributed by atoms with E-state index in [9.17, 15) is 0 Å². The van der Waals surface area contributed by atoms with E-state index in [2.05, 4.69) is 187 Å². The number of rotatable bonds is 3. The first-order valence-corrected chi connectivity index (χ1v) is 19.8. The first-order valence-electron chi connectivity index (χ1n) is 17.9. The van der Waals surface area contributed by atoms with Crippen molar-refractivity contribution < 1.29 is 4.21 Å². The van der Waals surface area contributed by atoms with E-state index >= 15 is 4.21 Å². The summed E-state index contributed by atoms with van der Waals surface area (Å²) >= 11 is 0. The Labute approximate surface area is 303 Å². The van der Waals surface area contributed by atoms with E-state index in [1.165, 1.54) is 22.3 Å². The van der Waals surface area contributed by atoms with Crippen molar-refractivity contribution in [2.45, 2.75) is 25.0 Å². The molecule has 3 aliphatic rings. The summed E-state index contributed by atoms with van der Waals surface area (Å²) in [4.78, 5) is 6.01. The number of benzene rings is 8. The Balaban J connectivity index is 1.21. The van der Waals surface area contributed by atoms with Gasteiger partial charge in [0.05, 0.1) is 16.8 Å². The zero-order valence-corrected chi connectivity index (χ0v) is 29.1. The van der Waals surface area contributed by atoms with Crippen LogP contribution in [0.5, 0.6) is 0 Å². The van der Waals surface area contributed by atoms with Crippen LogP contribution >= 0.6 is 0 Å². The lowest BCUT2D eigenvalue weighted by molar-refractivity contribution is 0.658. The van der Waals surface area contributed by atoms with Gasteiger partial charge in [0.2, 0.25) is 0 Å². The number of hydrogen-bond acceptors (Lipinski definition) is 2. The minimum absolute atomic E-state index is 0.540. The Bertz CT molecular complexity index is 2680. The van der Waals surface area contributed by atoms with Gasteiger partial charge >= 0.3 is 0 Å². The molecule has 0 radical (unpaired) electrons. The van der Waals surface area contributed by atoms with Crippen molar-refractivity contribution in [2.75, 3.05) is 4.90 Å². The maximum atomic E-state index is 16.9. The second-order valence-corrected chi connectivity index (χ2v) is 17.6. The van der Waals surface area contributed by atoms with E-state index < -0.39 is 14.5 Å². The number of para-hydroxylation sites is 2. The summed E-state index contributed by atoms with van der Waals surface area (Å²) in [7, 11) is -3.91. The summed E-state index contributed by atoms with van der Waals surface area (Å²) in [5, 5.41) is 0. The normalized spacial score (nSPS) is 16.7. The third-order valence-electron chi connectivity index (χ3n) is 11.7. The van der Waals surface area contributed by atoms with Crippen molar-refractivity contribution >= 4 is 26.1 Å². The van der Waals surface area contributed by atoms with E-state index in [0.717, 1.165) is 58.9 Å². The van der Waals surface area contributed by atoms with Crippen LogP contribution in [0.25, 0.3) is 22.3 Å². The van der Waals surface area contributed by atoms with Crippen molar-refractivity contribution in [3.63, 3.8) is 0 Å². The molecule has 52 heavy (non-hydrogen) atoms. The molecule has 0 saturated carbocycles. The van der Waals surface area contributed by atoms with E-state index in [1.807, 2.05) is 18.2 Å². The number of anilines is 3. The van der Waals surface area contributed by atoms with Gasteiger partial charge in [0.15, 0.2) is 0 Å². The monoisotopic (exact) mass is 683 g/mol. The largest absolute Gasteiger partial charge is 0.310 e. The zero-order chi connectivity index (χ0) is 34.5. The van der Waals surface area contributed by atoms with Crippen molar-refractivity contribution in [1.82, 2.24) is 0 Å². The minimum Gasteiger partial charge on any atom is -0.310 e. The second kappa shape index (κ2) is 10.4. The summed E-state index contributed by atoms with van der Waals surface area (Å²) in [6.07, 6.45) is 0. The van der Waals surface area contributed by atoms with Gasteiger partial charge in [-0.05, 0) is 87.5 Å². The molecule has 0 saturated heterocycles. The smallest absolute Gasteiger partial charge is 0.0742 e. The maximum absolute atomic E-state index is 16.9. The van der Waals surface area contributed by atoms with Crippen LogP contribution in [0.3, 0.4) is 0 Å². The van der Waals surface area contributed by atoms with Crippen LogP contribution in [0.1, 0.15) is 22.3 Å². The molecule has 8 aromatic rings. The topological polar surface area (TPSA) is 20.3 Å². The van der Waals surface area contributed by atoms with E-state index in [1.54, 1.807) is 0 Å². The van der Waals surface area contributed by atoms with Gasteiger partial charge in [-0.15, -0.1) is 0 Å². The van der Waals surface area contributed by atoms with Crippen LogP contribution in [0, 0.1) is 0 Å². The summed E-state index contributed by atoms with van der Waals surface area (Å²) < 4.78 is 16.9. The van der Waals surface area contributed by atoms with Crippen molar-refractivity contribution in [3.05, 3.63) is 222 Å². The van der Waals surface area contributed by atoms with Gasteiger partial charge in [0, 0.05) is 39.9 Å². The third kappa shape index (κ3) is 3.37. The van der Waals surface area contributed by atoms with Gasteiger partial charge in [-0.3, -0.25) is 4.21 Å². The van der Waals surface area contributed by atoms with Crippen LogP contribution in [-0.2, 0) is 14.5 Å². The molecule has 246 valence electrons. The van der Waals surface area contributed by atoms with Gasteiger partial charge in [0.25, 0.3) is 0 Å². The molecule has 0 unspecified atom stereocenters. The fourth-order valence-corrected chi connectivity index (χ4v) is 14.8. The summed E-state index contributed by atoms with van der Waals surface area (Å²) in [5.41, 5.74) is 11.8. The van der Waals surface area contributed by atoms with Crippen LogP contribution in [0.4, 0.5) is 17.1 Å². The standard InChI is InChI=1S/C49H33NOS/c51-52(45-28-14-7-21-37(45)38-22-8-15-29-46(38)52)47-30-16-9-23-39(47)40-33-36(31-32-48(40)52)50-43-26-12-10-24-41(43)49(34-17-3-1-4-18-34,35-19-5-2-6-20-35)42-25-11-13-27-44(42)50/h1-33H. The lowest BCUT2D eigenvalue weighted by Crippen LogP contribution is -2.37. The second-order valence-electron chi connectivity index (χ2n) is 14.0. The molecule has 2 nitrogen and oxygen atoms in total. The lowest BCUT2D eigenvalue weighted by atomic mass is 9.62. The predicted octanol–water partition coefficient (Wildman–Crippen LogP) is 12.2. The molecule has 0 bridgehead atoms. The first kappa shape index (κ1) is 29.4. The molecule has 8 aromatic carbocycles. The van der Waals surface area contributed by atoms with Gasteiger partial charge in [-0.1, -0.05) is 152 Å². The van der Waals surface area contributed by atoms with Crippen molar-refractivity contribution in [1.29, 1.82) is 0 Å². The first-order chi connectivity index (χ1) is 25.6. The van der Waals surface area contributed by atoms with Crippen molar-refractivity contribution in [2.24, 2.45) is 0 Å². The molecule has 3 aliphatic heterocycles. The van der Waals surface area contributed by atoms with Crippen LogP contribution in [-0.4, -0.2) is 4.21 Å². The Hall–Kier alpha value is -6.29. The SMILES string of the molecule is O=S12(c3ccccc3-c3ccccc31)c1ccccc1-c1cc(N3c4ccccc4C(c4ccccc4)(c4ccccc4)c4ccccc43)ccc12. The van der Waals surface area contributed by atoms with Gasteiger partial charge in [-0.2, -0.15) is 0 Å². The summed E-state index contributed by atoms with van der Waals surface area (Å²) in [6, 6.07) is 71.2. The molecule has 0 amide bonds. The highest BCUT2D eigenvalue weighted by Crippen LogP contribution is 2.71. The van der Waals surface area contributed by atoms with Crippen molar-refractivity contribution in [3.8, 4) is 22.3 Å². The van der Waals surface area contributed by atoms with Gasteiger partial charge < -0.3 is 4.90 Å². The maximum Gasteiger partial charge on any atom is 0.0742 e. The highest BCUT2D eigenvalue weighted by Gasteiger charge is 2.57. The summed E-state index contributed by atoms with van der Waals surface area (Å²) in [6.45, 7) is 0. The highest BCUT2D eigenvalue weighted by molar-refractivity contribution is 8.21. The number of fused-ring (bicyclic) bond motifs is 12. The lowest BCUT2D eigenvalue weighted by Gasteiger charge is -2.46. The van der Waals surface area contributed by atoms with Gasteiger partial charge in [-0.25, -0.2) is 0 Å². The van der Waals surface area contributed by atoms with Crippen LogP contribution in [0.15, 0.2) is 220 Å². The Morgan fingerprint density at radius 3 is 1.25 bits per heavy atom. The molecule has 0 atom stereocenters. The Kier molecular flexibility index (Phi) is 5.88. The molecular formula is C49H33NOS. The van der Waals surface area contributed by atoms with Gasteiger partial charge in [0.1, 0.15) is 0 Å². The molecule has 0 aliphatic carbocycles. The fraction of sp³-hybridized carbons (Fsp3) is 0.0204. The Morgan fingerprint density at radius 1 is 0.365 bits per heavy atom. The van der Waals surface area contributed by atoms with Crippen LogP contribution < -0.4 is 4.90 Å². The number of hydrogen-bond donors (Lipinski definition) is 0. The minimum atomic E-state index is -3.91. The average molecular weight is 684 g/mol. The van der Waals surface area contributed by atoms with E-state index in [0.29, 0.717) is 0 Å². The predicted molar refractivity (Wildman–Crippen MR) is 212 cm³/mol. The molecule has 3 heterocycles. The Morgan fingerprint density at radius 2 is 0.750 bits per heavy atom. The van der Waals surface area contributed by atoms with Crippen LogP contribution in [0.2, 0.25) is 0 Å².